The van der Waals surface area contributed by atoms with E-state index in [4.69, 9.17) is 0 Å². The minimum Gasteiger partial charge on any atom is -0.370 e. The van der Waals surface area contributed by atoms with Crippen LogP contribution >= 0.6 is 0 Å². The summed E-state index contributed by atoms with van der Waals surface area (Å²) in [6.45, 7) is 2.15. The van der Waals surface area contributed by atoms with Gasteiger partial charge in [-0.05, 0) is 55.1 Å². The molecular weight excluding hydrogens is 390 g/mol. The Morgan fingerprint density at radius 2 is 1.32 bits per heavy atom. The molecule has 3 fully saturated rings. The summed E-state index contributed by atoms with van der Waals surface area (Å²) in [5, 5.41) is 0. The monoisotopic (exact) mass is 418 g/mol. The van der Waals surface area contributed by atoms with E-state index in [0.29, 0.717) is 11.6 Å². The zero-order valence-electron chi connectivity index (χ0n) is 17.8. The second-order valence-electron chi connectivity index (χ2n) is 8.89. The predicted octanol–water partition coefficient (Wildman–Crippen LogP) is 5.70. The Kier molecular flexibility index (Phi) is 5.49. The van der Waals surface area contributed by atoms with Crippen molar-refractivity contribution in [1.29, 1.82) is 0 Å². The molecule has 2 atom stereocenters. The van der Waals surface area contributed by atoms with Crippen molar-refractivity contribution in [2.45, 2.75) is 30.8 Å². The Morgan fingerprint density at radius 1 is 0.806 bits per heavy atom. The van der Waals surface area contributed by atoms with E-state index in [0.717, 1.165) is 32.0 Å². The molecule has 2 bridgehead atoms. The van der Waals surface area contributed by atoms with Crippen LogP contribution in [0, 0.1) is 17.6 Å². The zero-order valence-corrected chi connectivity index (χ0v) is 17.8. The van der Waals surface area contributed by atoms with Gasteiger partial charge in [-0.15, -0.1) is 0 Å². The normalized spacial score (nSPS) is 25.0. The van der Waals surface area contributed by atoms with Crippen LogP contribution in [0.1, 0.15) is 29.9 Å². The van der Waals surface area contributed by atoms with Gasteiger partial charge in [-0.2, -0.15) is 0 Å². The number of nitrogens with zero attached hydrogens (tertiary/aromatic N) is 2. The van der Waals surface area contributed by atoms with Gasteiger partial charge in [-0.25, -0.2) is 8.78 Å². The molecule has 3 saturated heterocycles. The van der Waals surface area contributed by atoms with Gasteiger partial charge in [-0.1, -0.05) is 60.7 Å². The molecular formula is C27H28F2N2. The van der Waals surface area contributed by atoms with Crippen LogP contribution in [0.5, 0.6) is 0 Å². The van der Waals surface area contributed by atoms with E-state index in [1.54, 1.807) is 0 Å². The van der Waals surface area contributed by atoms with Gasteiger partial charge in [0.2, 0.25) is 0 Å². The molecule has 0 spiro atoms. The molecule has 0 aromatic heterocycles. The average molecular weight is 419 g/mol. The molecule has 2 nitrogen and oxygen atoms in total. The van der Waals surface area contributed by atoms with Crippen LogP contribution in [0.3, 0.4) is 0 Å². The van der Waals surface area contributed by atoms with Crippen molar-refractivity contribution in [1.82, 2.24) is 4.90 Å². The molecule has 0 saturated carbocycles. The number of fused-ring (bicyclic) bond motifs is 3. The van der Waals surface area contributed by atoms with Crippen LogP contribution in [0.4, 0.5) is 14.5 Å². The molecule has 0 aliphatic carbocycles. The minimum atomic E-state index is -0.526. The third-order valence-corrected chi connectivity index (χ3v) is 7.19. The lowest BCUT2D eigenvalue weighted by Gasteiger charge is -2.56. The number of halogens is 2. The van der Waals surface area contributed by atoms with Gasteiger partial charge in [0.25, 0.3) is 0 Å². The SMILES string of the molecule is CN(c1cc(F)cc(F)c1)[C@@H]1C2CCN(CC2)[C@@H]1C(c1ccccc1)c1ccccc1. The van der Waals surface area contributed by atoms with Gasteiger partial charge in [0, 0.05) is 36.8 Å². The Hall–Kier alpha value is -2.72. The molecule has 0 radical (unpaired) electrons. The summed E-state index contributed by atoms with van der Waals surface area (Å²) in [6, 6.07) is 25.6. The Bertz CT molecular complexity index is 956. The van der Waals surface area contributed by atoms with Crippen molar-refractivity contribution in [3.05, 3.63) is 102 Å². The van der Waals surface area contributed by atoms with E-state index < -0.39 is 11.6 Å². The first-order valence-corrected chi connectivity index (χ1v) is 11.1. The highest BCUT2D eigenvalue weighted by atomic mass is 19.1. The van der Waals surface area contributed by atoms with E-state index >= 15 is 0 Å². The van der Waals surface area contributed by atoms with Crippen molar-refractivity contribution >= 4 is 5.69 Å². The predicted molar refractivity (Wildman–Crippen MR) is 121 cm³/mol. The van der Waals surface area contributed by atoms with Gasteiger partial charge in [0.15, 0.2) is 0 Å². The van der Waals surface area contributed by atoms with Crippen molar-refractivity contribution in [2.75, 3.05) is 25.0 Å². The van der Waals surface area contributed by atoms with Gasteiger partial charge >= 0.3 is 0 Å². The quantitative estimate of drug-likeness (QED) is 0.525. The molecule has 3 heterocycles. The van der Waals surface area contributed by atoms with Crippen LogP contribution in [-0.4, -0.2) is 37.1 Å². The van der Waals surface area contributed by atoms with Gasteiger partial charge in [-0.3, -0.25) is 4.90 Å². The summed E-state index contributed by atoms with van der Waals surface area (Å²) in [4.78, 5) is 4.73. The highest BCUT2D eigenvalue weighted by Gasteiger charge is 2.48. The smallest absolute Gasteiger partial charge is 0.128 e. The van der Waals surface area contributed by atoms with Crippen LogP contribution in [0.25, 0.3) is 0 Å². The summed E-state index contributed by atoms with van der Waals surface area (Å²) < 4.78 is 28.1. The number of benzene rings is 3. The van der Waals surface area contributed by atoms with Gasteiger partial charge < -0.3 is 4.90 Å². The third-order valence-electron chi connectivity index (χ3n) is 7.19. The van der Waals surface area contributed by atoms with E-state index in [1.807, 2.05) is 7.05 Å². The number of hydrogen-bond acceptors (Lipinski definition) is 2. The Labute approximate surface area is 183 Å². The lowest BCUT2D eigenvalue weighted by atomic mass is 9.70. The summed E-state index contributed by atoms with van der Waals surface area (Å²) in [6.07, 6.45) is 2.25. The van der Waals surface area contributed by atoms with E-state index in [1.165, 1.54) is 23.3 Å². The second-order valence-corrected chi connectivity index (χ2v) is 8.89. The zero-order chi connectivity index (χ0) is 21.4. The Balaban J connectivity index is 1.61. The third kappa shape index (κ3) is 3.85. The van der Waals surface area contributed by atoms with Gasteiger partial charge in [0.05, 0.1) is 0 Å². The second kappa shape index (κ2) is 8.43. The van der Waals surface area contributed by atoms with Crippen LogP contribution in [0.15, 0.2) is 78.9 Å². The highest BCUT2D eigenvalue weighted by Crippen LogP contribution is 2.44. The minimum absolute atomic E-state index is 0.175. The summed E-state index contributed by atoms with van der Waals surface area (Å²) in [5.74, 6) is -0.359. The molecule has 31 heavy (non-hydrogen) atoms. The number of piperidine rings is 3. The molecule has 4 heteroatoms. The first-order valence-electron chi connectivity index (χ1n) is 11.1. The number of hydrogen-bond donors (Lipinski definition) is 0. The van der Waals surface area contributed by atoms with Crippen LogP contribution in [0.2, 0.25) is 0 Å². The first kappa shape index (κ1) is 20.2. The maximum atomic E-state index is 14.1. The lowest BCUT2D eigenvalue weighted by Crippen LogP contribution is -2.65. The molecule has 0 amide bonds. The Morgan fingerprint density at radius 3 is 1.84 bits per heavy atom. The van der Waals surface area contributed by atoms with Crippen LogP contribution in [-0.2, 0) is 0 Å². The van der Waals surface area contributed by atoms with Gasteiger partial charge in [0.1, 0.15) is 11.6 Å². The maximum absolute atomic E-state index is 14.1. The highest BCUT2D eigenvalue weighted by molar-refractivity contribution is 5.49. The van der Waals surface area contributed by atoms with E-state index in [9.17, 15) is 8.78 Å². The number of anilines is 1. The van der Waals surface area contributed by atoms with Crippen molar-refractivity contribution in [3.8, 4) is 0 Å². The van der Waals surface area contributed by atoms with Crippen molar-refractivity contribution in [2.24, 2.45) is 5.92 Å². The molecule has 0 unspecified atom stereocenters. The average Bonchev–Trinajstić information content (AvgIpc) is 2.80. The summed E-state index contributed by atoms with van der Waals surface area (Å²) in [5.41, 5.74) is 3.19. The molecule has 3 aliphatic rings. The summed E-state index contributed by atoms with van der Waals surface area (Å²) in [7, 11) is 2.00. The fourth-order valence-corrected chi connectivity index (χ4v) is 5.83. The van der Waals surface area contributed by atoms with E-state index in [2.05, 4.69) is 70.5 Å². The fourth-order valence-electron chi connectivity index (χ4n) is 5.83. The topological polar surface area (TPSA) is 6.48 Å². The molecule has 3 aromatic carbocycles. The fraction of sp³-hybridized carbons (Fsp3) is 0.333. The molecule has 0 N–H and O–H groups in total. The first-order chi connectivity index (χ1) is 15.1. The standard InChI is InChI=1S/C27H28F2N2/c1-30(24-17-22(28)16-23(29)18-24)26-21-12-14-31(15-13-21)27(26)25(19-8-4-2-5-9-19)20-10-6-3-7-11-20/h2-11,16-18,21,25-27H,12-15H2,1H3/t26-,27-/m1/s1. The largest absolute Gasteiger partial charge is 0.370 e. The lowest BCUT2D eigenvalue weighted by molar-refractivity contribution is 0.0186. The van der Waals surface area contributed by atoms with Crippen molar-refractivity contribution < 1.29 is 8.78 Å². The number of likely N-dealkylation sites (N-methyl/N-ethyl adjacent to an activating group) is 1. The molecule has 160 valence electrons. The maximum Gasteiger partial charge on any atom is 0.128 e. The van der Waals surface area contributed by atoms with Crippen molar-refractivity contribution in [3.63, 3.8) is 0 Å². The molecule has 3 aromatic rings. The number of rotatable bonds is 5. The van der Waals surface area contributed by atoms with Crippen LogP contribution < -0.4 is 4.90 Å². The molecule has 3 aliphatic heterocycles. The molecule has 6 rings (SSSR count). The summed E-state index contributed by atoms with van der Waals surface area (Å²) >= 11 is 0. The van der Waals surface area contributed by atoms with E-state index in [-0.39, 0.29) is 18.0 Å².